The molecule has 0 fully saturated rings. The zero-order valence-corrected chi connectivity index (χ0v) is 11.4. The Labute approximate surface area is 129 Å². The topological polar surface area (TPSA) is 70.0 Å². The van der Waals surface area contributed by atoms with Crippen molar-refractivity contribution in [1.82, 2.24) is 4.98 Å². The van der Waals surface area contributed by atoms with Gasteiger partial charge in [-0.25, -0.2) is 13.8 Å². The summed E-state index contributed by atoms with van der Waals surface area (Å²) in [7, 11) is 0. The van der Waals surface area contributed by atoms with E-state index in [1.165, 1.54) is 6.07 Å². The van der Waals surface area contributed by atoms with Gasteiger partial charge in [-0.15, -0.1) is 0 Å². The number of ketones is 1. The van der Waals surface area contributed by atoms with Gasteiger partial charge in [0.05, 0.1) is 12.3 Å². The lowest BCUT2D eigenvalue weighted by molar-refractivity contribution is -0.581. The molecule has 0 radical (unpaired) electrons. The number of rotatable bonds is 2. The van der Waals surface area contributed by atoms with E-state index in [9.17, 15) is 32.0 Å². The van der Waals surface area contributed by atoms with E-state index in [1.54, 1.807) is 0 Å². The Morgan fingerprint density at radius 2 is 1.88 bits per heavy atom. The van der Waals surface area contributed by atoms with Gasteiger partial charge in [-0.05, 0) is 12.1 Å². The zero-order valence-electron chi connectivity index (χ0n) is 11.4. The first-order valence-electron chi connectivity index (χ1n) is 6.28. The molecule has 0 spiro atoms. The summed E-state index contributed by atoms with van der Waals surface area (Å²) in [6.45, 7) is 0. The molecule has 124 valence electrons. The van der Waals surface area contributed by atoms with Crippen LogP contribution in [0.15, 0.2) is 34.9 Å². The van der Waals surface area contributed by atoms with E-state index >= 15 is 0 Å². The molecule has 0 amide bonds. The van der Waals surface area contributed by atoms with Crippen LogP contribution in [0.3, 0.4) is 0 Å². The molecule has 0 aliphatic rings. The average Bonchev–Trinajstić information content (AvgIpc) is 3.02. The van der Waals surface area contributed by atoms with E-state index in [0.29, 0.717) is 12.1 Å². The first-order chi connectivity index (χ1) is 11.2. The summed E-state index contributed by atoms with van der Waals surface area (Å²) in [6.07, 6.45) is -4.15. The Morgan fingerprint density at radius 1 is 1.21 bits per heavy atom. The number of furan rings is 1. The lowest BCUT2D eigenvalue weighted by atomic mass is 10.1. The minimum absolute atomic E-state index is 0.343. The number of alkyl halides is 3. The fraction of sp³-hybridized carbons (Fsp3) is 0.0714. The maximum absolute atomic E-state index is 13.3. The van der Waals surface area contributed by atoms with E-state index in [0.717, 1.165) is 12.3 Å². The maximum atomic E-state index is 13.3. The van der Waals surface area contributed by atoms with Crippen LogP contribution < -0.4 is 4.73 Å². The number of benzene rings is 1. The highest BCUT2D eigenvalue weighted by atomic mass is 19.4. The van der Waals surface area contributed by atoms with Crippen LogP contribution in [-0.4, -0.2) is 10.8 Å². The van der Waals surface area contributed by atoms with Crippen LogP contribution in [0.25, 0.3) is 11.0 Å². The summed E-state index contributed by atoms with van der Waals surface area (Å²) in [6, 6.07) is 3.00. The van der Waals surface area contributed by atoms with Gasteiger partial charge in [0.1, 0.15) is 5.52 Å². The maximum Gasteiger partial charge on any atom is 0.440 e. The molecule has 0 saturated carbocycles. The van der Waals surface area contributed by atoms with E-state index in [2.05, 4.69) is 4.98 Å². The van der Waals surface area contributed by atoms with Gasteiger partial charge in [-0.3, -0.25) is 4.79 Å². The lowest BCUT2D eigenvalue weighted by Crippen LogP contribution is -2.40. The molecule has 0 atom stereocenters. The summed E-state index contributed by atoms with van der Waals surface area (Å²) < 4.78 is 70.3. The molecule has 24 heavy (non-hydrogen) atoms. The van der Waals surface area contributed by atoms with Gasteiger partial charge >= 0.3 is 6.18 Å². The summed E-state index contributed by atoms with van der Waals surface area (Å²) in [4.78, 5) is 15.3. The molecule has 0 aliphatic heterocycles. The minimum atomic E-state index is -5.18. The SMILES string of the molecule is O=C(c1ccco1)c1c(C(F)(F)F)nc2cc(F)c(F)cc2[n+]1[O-]. The van der Waals surface area contributed by atoms with Crippen molar-refractivity contribution in [3.8, 4) is 0 Å². The predicted molar refractivity (Wildman–Crippen MR) is 67.8 cm³/mol. The van der Waals surface area contributed by atoms with Crippen molar-refractivity contribution >= 4 is 16.8 Å². The van der Waals surface area contributed by atoms with Crippen LogP contribution in [0.2, 0.25) is 0 Å². The van der Waals surface area contributed by atoms with Crippen molar-refractivity contribution in [2.24, 2.45) is 0 Å². The van der Waals surface area contributed by atoms with Crippen molar-refractivity contribution in [3.63, 3.8) is 0 Å². The Morgan fingerprint density at radius 3 is 2.46 bits per heavy atom. The quantitative estimate of drug-likeness (QED) is 0.310. The Bertz CT molecular complexity index is 951. The Hall–Kier alpha value is -3.04. The number of aromatic nitrogens is 2. The standard InChI is InChI=1S/C14H5F5N2O3/c15-6-4-8-9(5-7(6)16)21(23)11(13(20-8)14(17,18)19)12(22)10-2-1-3-24-10/h1-5H. The smallest absolute Gasteiger partial charge is 0.440 e. The molecule has 3 aromatic rings. The molecule has 3 rings (SSSR count). The Balaban J connectivity index is 2.39. The monoisotopic (exact) mass is 344 g/mol. The van der Waals surface area contributed by atoms with Crippen molar-refractivity contribution in [2.75, 3.05) is 0 Å². The third kappa shape index (κ3) is 2.45. The fourth-order valence-electron chi connectivity index (χ4n) is 2.09. The average molecular weight is 344 g/mol. The van der Waals surface area contributed by atoms with Crippen molar-refractivity contribution in [1.29, 1.82) is 0 Å². The first kappa shape index (κ1) is 15.8. The molecule has 1 aromatic carbocycles. The van der Waals surface area contributed by atoms with Crippen LogP contribution in [0, 0.1) is 16.8 Å². The number of halogens is 5. The second kappa shape index (κ2) is 5.25. The van der Waals surface area contributed by atoms with E-state index in [4.69, 9.17) is 4.42 Å². The van der Waals surface area contributed by atoms with Crippen LogP contribution in [0.4, 0.5) is 22.0 Å². The third-order valence-corrected chi connectivity index (χ3v) is 3.12. The minimum Gasteiger partial charge on any atom is -0.618 e. The normalized spacial score (nSPS) is 11.9. The van der Waals surface area contributed by atoms with Gasteiger partial charge in [0.15, 0.2) is 17.4 Å². The second-order valence-electron chi connectivity index (χ2n) is 4.66. The van der Waals surface area contributed by atoms with Gasteiger partial charge in [0.25, 0.3) is 11.5 Å². The number of nitrogens with zero attached hydrogens (tertiary/aromatic N) is 2. The molecule has 5 nitrogen and oxygen atoms in total. The highest BCUT2D eigenvalue weighted by molar-refractivity contribution is 6.06. The van der Waals surface area contributed by atoms with Gasteiger partial charge in [-0.2, -0.15) is 17.9 Å². The van der Waals surface area contributed by atoms with Crippen LogP contribution in [0.1, 0.15) is 21.9 Å². The molecule has 0 aliphatic carbocycles. The molecule has 10 heteroatoms. The van der Waals surface area contributed by atoms with Crippen molar-refractivity contribution in [2.45, 2.75) is 6.18 Å². The third-order valence-electron chi connectivity index (χ3n) is 3.12. The largest absolute Gasteiger partial charge is 0.618 e. The highest BCUT2D eigenvalue weighted by Crippen LogP contribution is 2.31. The number of carbonyl (C=O) groups excluding carboxylic acids is 1. The van der Waals surface area contributed by atoms with E-state index in [1.807, 2.05) is 0 Å². The molecule has 0 bridgehead atoms. The van der Waals surface area contributed by atoms with Gasteiger partial charge in [0, 0.05) is 6.07 Å². The Kier molecular flexibility index (Phi) is 3.47. The van der Waals surface area contributed by atoms with Crippen molar-refractivity contribution < 1.29 is 35.9 Å². The van der Waals surface area contributed by atoms with Gasteiger partial charge in [-0.1, -0.05) is 0 Å². The fourth-order valence-corrected chi connectivity index (χ4v) is 2.09. The molecular weight excluding hydrogens is 339 g/mol. The molecule has 0 unspecified atom stereocenters. The van der Waals surface area contributed by atoms with E-state index in [-0.39, 0.29) is 0 Å². The second-order valence-corrected chi connectivity index (χ2v) is 4.66. The van der Waals surface area contributed by atoms with Gasteiger partial charge < -0.3 is 9.62 Å². The molecule has 2 heterocycles. The van der Waals surface area contributed by atoms with Crippen LogP contribution in [-0.2, 0) is 6.18 Å². The summed E-state index contributed by atoms with van der Waals surface area (Å²) in [5.41, 5.74) is -4.68. The predicted octanol–water partition coefficient (Wildman–Crippen LogP) is 2.99. The molecule has 0 saturated heterocycles. The number of carbonyl (C=O) groups is 1. The van der Waals surface area contributed by atoms with Crippen LogP contribution >= 0.6 is 0 Å². The van der Waals surface area contributed by atoms with E-state index < -0.39 is 56.5 Å². The first-order valence-corrected chi connectivity index (χ1v) is 6.28. The molecular formula is C14H5F5N2O3. The highest BCUT2D eigenvalue weighted by Gasteiger charge is 2.44. The van der Waals surface area contributed by atoms with Gasteiger partial charge in [0.2, 0.25) is 11.2 Å². The number of fused-ring (bicyclic) bond motifs is 1. The number of hydrogen-bond donors (Lipinski definition) is 0. The summed E-state index contributed by atoms with van der Waals surface area (Å²) in [5.74, 6) is -4.87. The summed E-state index contributed by atoms with van der Waals surface area (Å²) in [5, 5.41) is 12.2. The van der Waals surface area contributed by atoms with Crippen molar-refractivity contribution in [3.05, 3.63) is 64.5 Å². The zero-order chi connectivity index (χ0) is 17.6. The molecule has 2 aromatic heterocycles. The number of hydrogen-bond acceptors (Lipinski definition) is 4. The summed E-state index contributed by atoms with van der Waals surface area (Å²) >= 11 is 0. The van der Waals surface area contributed by atoms with Crippen LogP contribution in [0.5, 0.6) is 0 Å². The molecule has 0 N–H and O–H groups in total. The lowest BCUT2D eigenvalue weighted by Gasteiger charge is -2.12.